The van der Waals surface area contributed by atoms with Crippen molar-refractivity contribution in [1.29, 1.82) is 0 Å². The Balaban J connectivity index is 1.88. The van der Waals surface area contributed by atoms with Gasteiger partial charge in [0.05, 0.1) is 17.5 Å². The summed E-state index contributed by atoms with van der Waals surface area (Å²) in [6.07, 6.45) is -1.16. The quantitative estimate of drug-likeness (QED) is 0.609. The molecule has 1 unspecified atom stereocenters. The van der Waals surface area contributed by atoms with Gasteiger partial charge >= 0.3 is 12.0 Å². The van der Waals surface area contributed by atoms with Gasteiger partial charge in [0.15, 0.2) is 11.5 Å². The summed E-state index contributed by atoms with van der Waals surface area (Å²) < 4.78 is 10.8. The van der Waals surface area contributed by atoms with E-state index in [1.807, 2.05) is 0 Å². The van der Waals surface area contributed by atoms with Crippen LogP contribution in [-0.4, -0.2) is 48.5 Å². The highest BCUT2D eigenvalue weighted by Crippen LogP contribution is 2.39. The van der Waals surface area contributed by atoms with Crippen LogP contribution in [0.4, 0.5) is 4.79 Å². The summed E-state index contributed by atoms with van der Waals surface area (Å²) in [7, 11) is 0. The highest BCUT2D eigenvalue weighted by molar-refractivity contribution is 6.32. The number of benzene rings is 1. The second-order valence-electron chi connectivity index (χ2n) is 4.82. The lowest BCUT2D eigenvalue weighted by atomic mass is 10.1. The molecule has 0 radical (unpaired) electrons. The van der Waals surface area contributed by atoms with E-state index in [1.165, 1.54) is 0 Å². The third-order valence-electron chi connectivity index (χ3n) is 3.08. The lowest BCUT2D eigenvalue weighted by Gasteiger charge is -2.21. The number of amides is 2. The van der Waals surface area contributed by atoms with Crippen molar-refractivity contribution in [2.45, 2.75) is 12.5 Å². The smallest absolute Gasteiger partial charge is 0.314 e. The van der Waals surface area contributed by atoms with E-state index >= 15 is 0 Å². The number of hydrogen-bond acceptors (Lipinski definition) is 5. The third kappa shape index (κ3) is 4.90. The zero-order valence-electron chi connectivity index (χ0n) is 12.2. The molecule has 8 nitrogen and oxygen atoms in total. The normalized spacial score (nSPS) is 14.0. The van der Waals surface area contributed by atoms with Crippen molar-refractivity contribution in [2.75, 3.05) is 26.3 Å². The Morgan fingerprint density at radius 1 is 1.26 bits per heavy atom. The summed E-state index contributed by atoms with van der Waals surface area (Å²) in [5.41, 5.74) is 0.477. The zero-order valence-corrected chi connectivity index (χ0v) is 12.9. The molecule has 0 fully saturated rings. The summed E-state index contributed by atoms with van der Waals surface area (Å²) in [4.78, 5) is 21.8. The number of hydrogen-bond donors (Lipinski definition) is 4. The molecule has 1 aliphatic rings. The first-order valence-electron chi connectivity index (χ1n) is 6.98. The number of carboxylic acids is 1. The van der Waals surface area contributed by atoms with Crippen LogP contribution in [0.3, 0.4) is 0 Å². The van der Waals surface area contributed by atoms with E-state index in [9.17, 15) is 14.7 Å². The Morgan fingerprint density at radius 3 is 2.74 bits per heavy atom. The third-order valence-corrected chi connectivity index (χ3v) is 3.37. The van der Waals surface area contributed by atoms with Crippen LogP contribution in [0.1, 0.15) is 18.1 Å². The van der Waals surface area contributed by atoms with E-state index in [4.69, 9.17) is 26.2 Å². The SMILES string of the molecule is O=C(O)CCNC(=O)NCC(O)c1cc(Cl)c2c(c1)OCCO2. The van der Waals surface area contributed by atoms with E-state index in [-0.39, 0.29) is 19.5 Å². The number of carbonyl (C=O) groups excluding carboxylic acids is 1. The van der Waals surface area contributed by atoms with E-state index in [0.29, 0.717) is 35.3 Å². The lowest BCUT2D eigenvalue weighted by molar-refractivity contribution is -0.136. The van der Waals surface area contributed by atoms with Gasteiger partial charge in [-0.3, -0.25) is 4.79 Å². The summed E-state index contributed by atoms with van der Waals surface area (Å²) in [5.74, 6) is -0.117. The number of aliphatic carboxylic acids is 1. The Hall–Kier alpha value is -2.19. The van der Waals surface area contributed by atoms with Gasteiger partial charge in [-0.05, 0) is 17.7 Å². The van der Waals surface area contributed by atoms with Crippen LogP contribution in [0.2, 0.25) is 5.02 Å². The highest BCUT2D eigenvalue weighted by Gasteiger charge is 2.19. The molecule has 2 amide bonds. The summed E-state index contributed by atoms with van der Waals surface area (Å²) >= 11 is 6.08. The maximum Gasteiger partial charge on any atom is 0.314 e. The van der Waals surface area contributed by atoms with Gasteiger partial charge in [-0.25, -0.2) is 4.79 Å². The van der Waals surface area contributed by atoms with Crippen LogP contribution in [0.15, 0.2) is 12.1 Å². The molecule has 0 saturated heterocycles. The first kappa shape index (κ1) is 17.2. The Morgan fingerprint density at radius 2 is 2.00 bits per heavy atom. The van der Waals surface area contributed by atoms with E-state index in [1.54, 1.807) is 12.1 Å². The second kappa shape index (κ2) is 7.89. The number of fused-ring (bicyclic) bond motifs is 1. The number of aliphatic hydroxyl groups is 1. The fourth-order valence-electron chi connectivity index (χ4n) is 1.98. The van der Waals surface area contributed by atoms with Crippen molar-refractivity contribution < 1.29 is 29.3 Å². The average Bonchev–Trinajstić information content (AvgIpc) is 2.52. The Kier molecular flexibility index (Phi) is 5.89. The first-order chi connectivity index (χ1) is 11.0. The van der Waals surface area contributed by atoms with Gasteiger partial charge in [-0.15, -0.1) is 0 Å². The monoisotopic (exact) mass is 344 g/mol. The zero-order chi connectivity index (χ0) is 16.8. The number of ether oxygens (including phenoxy) is 2. The van der Waals surface area contributed by atoms with Crippen molar-refractivity contribution in [3.8, 4) is 11.5 Å². The largest absolute Gasteiger partial charge is 0.486 e. The predicted octanol–water partition coefficient (Wildman–Crippen LogP) is 0.919. The summed E-state index contributed by atoms with van der Waals surface area (Å²) in [6.45, 7) is 0.752. The van der Waals surface area contributed by atoms with Crippen LogP contribution in [0, 0.1) is 0 Å². The predicted molar refractivity (Wildman–Crippen MR) is 81.1 cm³/mol. The molecule has 4 N–H and O–H groups in total. The van der Waals surface area contributed by atoms with Crippen molar-refractivity contribution >= 4 is 23.6 Å². The van der Waals surface area contributed by atoms with Crippen LogP contribution >= 0.6 is 11.6 Å². The van der Waals surface area contributed by atoms with Crippen molar-refractivity contribution in [2.24, 2.45) is 0 Å². The molecule has 126 valence electrons. The van der Waals surface area contributed by atoms with Gasteiger partial charge < -0.3 is 30.3 Å². The Bertz CT molecular complexity index is 595. The van der Waals surface area contributed by atoms with Gasteiger partial charge in [-0.1, -0.05) is 11.6 Å². The lowest BCUT2D eigenvalue weighted by Crippen LogP contribution is -2.38. The number of aliphatic hydroxyl groups excluding tert-OH is 1. The molecule has 0 aromatic heterocycles. The minimum Gasteiger partial charge on any atom is -0.486 e. The molecule has 9 heteroatoms. The number of carbonyl (C=O) groups is 2. The molecule has 23 heavy (non-hydrogen) atoms. The molecule has 0 saturated carbocycles. The van der Waals surface area contributed by atoms with Crippen LogP contribution in [-0.2, 0) is 4.79 Å². The van der Waals surface area contributed by atoms with Crippen LogP contribution < -0.4 is 20.1 Å². The van der Waals surface area contributed by atoms with Gasteiger partial charge in [0.2, 0.25) is 0 Å². The maximum absolute atomic E-state index is 11.5. The average molecular weight is 345 g/mol. The van der Waals surface area contributed by atoms with Crippen molar-refractivity contribution in [3.05, 3.63) is 22.7 Å². The maximum atomic E-state index is 11.5. The summed E-state index contributed by atoms with van der Waals surface area (Å²) in [6, 6.07) is 2.59. The van der Waals surface area contributed by atoms with Crippen molar-refractivity contribution in [1.82, 2.24) is 10.6 Å². The topological polar surface area (TPSA) is 117 Å². The van der Waals surface area contributed by atoms with E-state index < -0.39 is 18.1 Å². The van der Waals surface area contributed by atoms with Gasteiger partial charge in [0, 0.05) is 13.1 Å². The molecular weight excluding hydrogens is 328 g/mol. The molecule has 1 aromatic carbocycles. The fraction of sp³-hybridized carbons (Fsp3) is 0.429. The van der Waals surface area contributed by atoms with Gasteiger partial charge in [0.25, 0.3) is 0 Å². The van der Waals surface area contributed by atoms with Crippen LogP contribution in [0.25, 0.3) is 0 Å². The molecule has 2 rings (SSSR count). The molecular formula is C14H17ClN2O6. The standard InChI is InChI=1S/C14H17ClN2O6/c15-9-5-8(6-11-13(9)23-4-3-22-11)10(18)7-17-14(21)16-2-1-12(19)20/h5-6,10,18H,1-4,7H2,(H,19,20)(H2,16,17,21). The number of nitrogens with one attached hydrogen (secondary N) is 2. The van der Waals surface area contributed by atoms with E-state index in [2.05, 4.69) is 10.6 Å². The first-order valence-corrected chi connectivity index (χ1v) is 7.35. The highest BCUT2D eigenvalue weighted by atomic mass is 35.5. The Labute approximate surface area is 137 Å². The molecule has 1 atom stereocenters. The molecule has 0 aliphatic carbocycles. The van der Waals surface area contributed by atoms with Crippen LogP contribution in [0.5, 0.6) is 11.5 Å². The van der Waals surface area contributed by atoms with Gasteiger partial charge in [-0.2, -0.15) is 0 Å². The number of urea groups is 1. The minimum atomic E-state index is -1.00. The number of carboxylic acid groups (broad SMARTS) is 1. The number of rotatable bonds is 6. The second-order valence-corrected chi connectivity index (χ2v) is 5.23. The van der Waals surface area contributed by atoms with E-state index in [0.717, 1.165) is 0 Å². The molecule has 1 heterocycles. The van der Waals surface area contributed by atoms with Gasteiger partial charge in [0.1, 0.15) is 13.2 Å². The minimum absolute atomic E-state index is 0.00706. The summed E-state index contributed by atoms with van der Waals surface area (Å²) in [5, 5.41) is 23.7. The fourth-order valence-corrected chi connectivity index (χ4v) is 2.25. The number of halogens is 1. The molecule has 1 aromatic rings. The molecule has 1 aliphatic heterocycles. The molecule has 0 spiro atoms. The molecule has 0 bridgehead atoms. The van der Waals surface area contributed by atoms with Crippen molar-refractivity contribution in [3.63, 3.8) is 0 Å².